The highest BCUT2D eigenvalue weighted by Gasteiger charge is 2.23. The fraction of sp³-hybridized carbons (Fsp3) is 1.00. The molecule has 0 aromatic rings. The maximum absolute atomic E-state index is 5.07. The number of ether oxygens (including phenoxy) is 1. The summed E-state index contributed by atoms with van der Waals surface area (Å²) in [6, 6.07) is 0. The molecule has 18 heavy (non-hydrogen) atoms. The Morgan fingerprint density at radius 2 is 1.89 bits per heavy atom. The van der Waals surface area contributed by atoms with Gasteiger partial charge < -0.3 is 15.0 Å². The van der Waals surface area contributed by atoms with Gasteiger partial charge >= 0.3 is 0 Å². The van der Waals surface area contributed by atoms with Crippen molar-refractivity contribution in [3.8, 4) is 0 Å². The molecule has 0 amide bonds. The largest absolute Gasteiger partial charge is 0.383 e. The lowest BCUT2D eigenvalue weighted by Crippen LogP contribution is -2.41. The minimum atomic E-state index is 0.832. The maximum atomic E-state index is 5.07. The van der Waals surface area contributed by atoms with Crippen molar-refractivity contribution in [1.82, 2.24) is 10.2 Å². The summed E-state index contributed by atoms with van der Waals surface area (Å²) in [5, 5.41) is 3.52. The molecule has 1 atom stereocenters. The van der Waals surface area contributed by atoms with Gasteiger partial charge in [-0.05, 0) is 50.6 Å². The number of nitrogens with one attached hydrogen (secondary N) is 1. The normalized spacial score (nSPS) is 26.8. The fourth-order valence-corrected chi connectivity index (χ4v) is 3.52. The van der Waals surface area contributed by atoms with Crippen LogP contribution in [0.15, 0.2) is 0 Å². The summed E-state index contributed by atoms with van der Waals surface area (Å²) in [4.78, 5) is 2.72. The monoisotopic (exact) mass is 254 g/mol. The van der Waals surface area contributed by atoms with E-state index in [0.717, 1.165) is 25.0 Å². The summed E-state index contributed by atoms with van der Waals surface area (Å²) in [5.41, 5.74) is 0. The van der Waals surface area contributed by atoms with Crippen LogP contribution in [0, 0.1) is 11.8 Å². The first kappa shape index (κ1) is 14.3. The van der Waals surface area contributed by atoms with E-state index in [1.165, 1.54) is 64.7 Å². The molecule has 1 N–H and O–H groups in total. The van der Waals surface area contributed by atoms with Crippen LogP contribution < -0.4 is 5.32 Å². The van der Waals surface area contributed by atoms with Gasteiger partial charge in [-0.2, -0.15) is 0 Å². The number of hydrogen-bond donors (Lipinski definition) is 1. The van der Waals surface area contributed by atoms with Crippen LogP contribution in [0.25, 0.3) is 0 Å². The van der Waals surface area contributed by atoms with Gasteiger partial charge in [0.1, 0.15) is 0 Å². The van der Waals surface area contributed by atoms with Crippen LogP contribution in [-0.2, 0) is 4.74 Å². The fourth-order valence-electron chi connectivity index (χ4n) is 3.52. The van der Waals surface area contributed by atoms with E-state index in [4.69, 9.17) is 4.74 Å². The Balaban J connectivity index is 1.61. The maximum Gasteiger partial charge on any atom is 0.0587 e. The van der Waals surface area contributed by atoms with Crippen LogP contribution in [0.4, 0.5) is 0 Å². The number of methoxy groups -OCH3 is 1. The molecule has 0 aromatic heterocycles. The second-order valence-electron chi connectivity index (χ2n) is 6.12. The predicted molar refractivity (Wildman–Crippen MR) is 75.9 cm³/mol. The van der Waals surface area contributed by atoms with Crippen LogP contribution in [0.5, 0.6) is 0 Å². The van der Waals surface area contributed by atoms with E-state index in [-0.39, 0.29) is 0 Å². The van der Waals surface area contributed by atoms with Crippen molar-refractivity contribution in [2.24, 2.45) is 11.8 Å². The van der Waals surface area contributed by atoms with E-state index >= 15 is 0 Å². The smallest absolute Gasteiger partial charge is 0.0587 e. The molecular weight excluding hydrogens is 224 g/mol. The molecule has 0 aromatic carbocycles. The van der Waals surface area contributed by atoms with Crippen LogP contribution >= 0.6 is 0 Å². The van der Waals surface area contributed by atoms with Gasteiger partial charge in [0.05, 0.1) is 6.61 Å². The predicted octanol–water partition coefficient (Wildman–Crippen LogP) is 2.12. The summed E-state index contributed by atoms with van der Waals surface area (Å²) < 4.78 is 5.07. The topological polar surface area (TPSA) is 24.5 Å². The van der Waals surface area contributed by atoms with Gasteiger partial charge in [-0.15, -0.1) is 0 Å². The number of piperidine rings is 1. The molecule has 0 bridgehead atoms. The van der Waals surface area contributed by atoms with E-state index in [1.807, 2.05) is 0 Å². The minimum absolute atomic E-state index is 0.832. The van der Waals surface area contributed by atoms with Gasteiger partial charge in [-0.3, -0.25) is 0 Å². The molecule has 106 valence electrons. The molecule has 1 saturated heterocycles. The SMILES string of the molecule is COCCNCC1CCCN(CC2CCCC2)C1. The molecule has 2 aliphatic rings. The first-order chi connectivity index (χ1) is 8.88. The van der Waals surface area contributed by atoms with E-state index in [1.54, 1.807) is 7.11 Å². The van der Waals surface area contributed by atoms with Crippen LogP contribution in [0.2, 0.25) is 0 Å². The third-order valence-electron chi connectivity index (χ3n) is 4.51. The van der Waals surface area contributed by atoms with E-state index in [9.17, 15) is 0 Å². The highest BCUT2D eigenvalue weighted by molar-refractivity contribution is 4.78. The number of likely N-dealkylation sites (tertiary alicyclic amines) is 1. The lowest BCUT2D eigenvalue weighted by atomic mass is 9.96. The second kappa shape index (κ2) is 8.13. The van der Waals surface area contributed by atoms with Gasteiger partial charge in [-0.1, -0.05) is 12.8 Å². The molecule has 0 spiro atoms. The average molecular weight is 254 g/mol. The van der Waals surface area contributed by atoms with E-state index in [0.29, 0.717) is 0 Å². The van der Waals surface area contributed by atoms with Gasteiger partial charge in [0.25, 0.3) is 0 Å². The molecule has 3 nitrogen and oxygen atoms in total. The number of nitrogens with zero attached hydrogens (tertiary/aromatic N) is 1. The summed E-state index contributed by atoms with van der Waals surface area (Å²) in [6.45, 7) is 7.02. The van der Waals surface area contributed by atoms with Crippen molar-refractivity contribution < 1.29 is 4.74 Å². The number of rotatable bonds is 7. The molecule has 1 unspecified atom stereocenters. The Bertz CT molecular complexity index is 217. The molecule has 2 rings (SSSR count). The van der Waals surface area contributed by atoms with Crippen molar-refractivity contribution in [3.05, 3.63) is 0 Å². The van der Waals surface area contributed by atoms with Gasteiger partial charge in [0.2, 0.25) is 0 Å². The lowest BCUT2D eigenvalue weighted by Gasteiger charge is -2.34. The highest BCUT2D eigenvalue weighted by Crippen LogP contribution is 2.27. The first-order valence-corrected chi connectivity index (χ1v) is 7.80. The molecule has 3 heteroatoms. The van der Waals surface area contributed by atoms with Crippen molar-refractivity contribution in [3.63, 3.8) is 0 Å². The number of hydrogen-bond acceptors (Lipinski definition) is 3. The van der Waals surface area contributed by atoms with Crippen LogP contribution in [-0.4, -0.2) is 51.3 Å². The summed E-state index contributed by atoms with van der Waals surface area (Å²) >= 11 is 0. The molecule has 1 aliphatic heterocycles. The Morgan fingerprint density at radius 1 is 1.11 bits per heavy atom. The van der Waals surface area contributed by atoms with Crippen molar-refractivity contribution in [2.45, 2.75) is 38.5 Å². The molecular formula is C15H30N2O. The summed E-state index contributed by atoms with van der Waals surface area (Å²) in [6.07, 6.45) is 8.70. The Morgan fingerprint density at radius 3 is 2.67 bits per heavy atom. The zero-order valence-electron chi connectivity index (χ0n) is 12.0. The molecule has 1 heterocycles. The molecule has 0 radical (unpaired) electrons. The quantitative estimate of drug-likeness (QED) is 0.704. The standard InChI is InChI=1S/C15H30N2O/c1-18-10-8-16-11-15-7-4-9-17(13-15)12-14-5-2-3-6-14/h14-16H,2-13H2,1H3. The van der Waals surface area contributed by atoms with Crippen molar-refractivity contribution in [2.75, 3.05) is 46.4 Å². The molecule has 2 fully saturated rings. The Labute approximate surface area is 112 Å². The van der Waals surface area contributed by atoms with Gasteiger partial charge in [0, 0.05) is 26.7 Å². The third-order valence-corrected chi connectivity index (χ3v) is 4.51. The van der Waals surface area contributed by atoms with Crippen molar-refractivity contribution in [1.29, 1.82) is 0 Å². The van der Waals surface area contributed by atoms with Gasteiger partial charge in [-0.25, -0.2) is 0 Å². The highest BCUT2D eigenvalue weighted by atomic mass is 16.5. The first-order valence-electron chi connectivity index (χ1n) is 7.80. The van der Waals surface area contributed by atoms with E-state index in [2.05, 4.69) is 10.2 Å². The Hall–Kier alpha value is -0.120. The minimum Gasteiger partial charge on any atom is -0.383 e. The third kappa shape index (κ3) is 4.87. The average Bonchev–Trinajstić information content (AvgIpc) is 2.88. The molecule has 1 saturated carbocycles. The van der Waals surface area contributed by atoms with Crippen LogP contribution in [0.3, 0.4) is 0 Å². The zero-order chi connectivity index (χ0) is 12.6. The van der Waals surface area contributed by atoms with Gasteiger partial charge in [0.15, 0.2) is 0 Å². The second-order valence-corrected chi connectivity index (χ2v) is 6.12. The summed E-state index contributed by atoms with van der Waals surface area (Å²) in [7, 11) is 1.77. The van der Waals surface area contributed by atoms with Crippen molar-refractivity contribution >= 4 is 0 Å². The zero-order valence-corrected chi connectivity index (χ0v) is 12.0. The Kier molecular flexibility index (Phi) is 6.46. The molecule has 1 aliphatic carbocycles. The summed E-state index contributed by atoms with van der Waals surface area (Å²) in [5.74, 6) is 1.86. The lowest BCUT2D eigenvalue weighted by molar-refractivity contribution is 0.146. The van der Waals surface area contributed by atoms with Crippen LogP contribution in [0.1, 0.15) is 38.5 Å². The van der Waals surface area contributed by atoms with E-state index < -0.39 is 0 Å².